The van der Waals surface area contributed by atoms with E-state index >= 15 is 0 Å². The van der Waals surface area contributed by atoms with Crippen molar-refractivity contribution in [3.8, 4) is 4.90 Å². The summed E-state index contributed by atoms with van der Waals surface area (Å²) < 4.78 is 43.3. The van der Waals surface area contributed by atoms with Crippen molar-refractivity contribution >= 4 is 75.8 Å². The lowest BCUT2D eigenvalue weighted by molar-refractivity contribution is -0.137. The number of thiophene rings is 1. The highest BCUT2D eigenvalue weighted by atomic mass is 127. The Hall–Kier alpha value is -0.870. The second-order valence-electron chi connectivity index (χ2n) is 5.61. The molecule has 0 radical (unpaired) electrons. The van der Waals surface area contributed by atoms with Gasteiger partial charge in [0.25, 0.3) is 0 Å². The van der Waals surface area contributed by atoms with Gasteiger partial charge in [-0.05, 0) is 106 Å². The van der Waals surface area contributed by atoms with Gasteiger partial charge in [0.1, 0.15) is 0 Å². The van der Waals surface area contributed by atoms with Crippen LogP contribution in [0.2, 0.25) is 0 Å². The maximum Gasteiger partial charge on any atom is 0.416 e. The largest absolute Gasteiger partial charge is 0.416 e. The summed E-state index contributed by atoms with van der Waals surface area (Å²) in [4.78, 5) is 0.912. The summed E-state index contributed by atoms with van der Waals surface area (Å²) in [5.41, 5.74) is -0.607. The number of fused-ring (bicyclic) bond motifs is 3. The monoisotopic (exact) mass is 581 g/mol. The first-order valence-electron chi connectivity index (χ1n) is 7.35. The standard InChI is InChI=1S/C19H10F3I2S/c20-19(21,22)11-1-5-14(6-2-11)25-17-7-3-12(23)9-15(17)16-10-13(24)4-8-18(16)25/h1-10H/q+1. The van der Waals surface area contributed by atoms with Crippen molar-refractivity contribution in [2.45, 2.75) is 6.18 Å². The van der Waals surface area contributed by atoms with Gasteiger partial charge in [0, 0.05) is 28.4 Å². The molecular formula is C19H10F3I2S+. The molecule has 0 saturated carbocycles. The van der Waals surface area contributed by atoms with Crippen molar-refractivity contribution < 1.29 is 13.2 Å². The summed E-state index contributed by atoms with van der Waals surface area (Å²) >= 11 is 4.58. The first-order chi connectivity index (χ1) is 11.8. The summed E-state index contributed by atoms with van der Waals surface area (Å²) in [6, 6.07) is 18.2. The van der Waals surface area contributed by atoms with Gasteiger partial charge in [0.15, 0.2) is 14.3 Å². The zero-order valence-electron chi connectivity index (χ0n) is 12.6. The van der Waals surface area contributed by atoms with Crippen LogP contribution in [0.5, 0.6) is 0 Å². The van der Waals surface area contributed by atoms with E-state index in [0.29, 0.717) is 0 Å². The molecule has 4 aromatic rings. The van der Waals surface area contributed by atoms with Crippen molar-refractivity contribution in [3.05, 3.63) is 73.4 Å². The Morgan fingerprint density at radius 1 is 0.680 bits per heavy atom. The van der Waals surface area contributed by atoms with Crippen LogP contribution >= 0.6 is 55.7 Å². The third-order valence-electron chi connectivity index (χ3n) is 4.03. The Bertz CT molecular complexity index is 1040. The SMILES string of the molecule is FC(F)(F)c1ccc(-[s+]2c3ccc(I)cc3c3cc(I)ccc32)cc1. The van der Waals surface area contributed by atoms with E-state index < -0.39 is 11.7 Å². The van der Waals surface area contributed by atoms with Gasteiger partial charge in [0.05, 0.1) is 5.56 Å². The second-order valence-corrected chi connectivity index (χ2v) is 10.1. The van der Waals surface area contributed by atoms with E-state index in [0.717, 1.165) is 12.0 Å². The summed E-state index contributed by atoms with van der Waals surface area (Å²) in [5, 5.41) is 2.37. The van der Waals surface area contributed by atoms with Crippen LogP contribution < -0.4 is 0 Å². The zero-order valence-corrected chi connectivity index (χ0v) is 17.7. The Kier molecular flexibility index (Phi) is 4.48. The van der Waals surface area contributed by atoms with Crippen LogP contribution in [-0.2, 0) is 6.18 Å². The second kappa shape index (κ2) is 6.38. The molecule has 0 amide bonds. The molecule has 0 atom stereocenters. The summed E-state index contributed by atoms with van der Waals surface area (Å²) in [5.74, 6) is 0. The first kappa shape index (κ1) is 17.5. The van der Waals surface area contributed by atoms with E-state index in [4.69, 9.17) is 0 Å². The number of hydrogen-bond acceptors (Lipinski definition) is 0. The molecule has 6 heteroatoms. The van der Waals surface area contributed by atoms with E-state index in [1.165, 1.54) is 32.3 Å². The number of alkyl halides is 3. The highest BCUT2D eigenvalue weighted by Crippen LogP contribution is 2.49. The molecule has 126 valence electrons. The molecule has 25 heavy (non-hydrogen) atoms. The fourth-order valence-corrected chi connectivity index (χ4v) is 6.26. The molecule has 0 nitrogen and oxygen atoms in total. The van der Waals surface area contributed by atoms with E-state index in [2.05, 4.69) is 81.6 Å². The molecule has 1 heterocycles. The Morgan fingerprint density at radius 3 is 1.60 bits per heavy atom. The third kappa shape index (κ3) is 3.16. The average Bonchev–Trinajstić information content (AvgIpc) is 2.87. The predicted molar refractivity (Wildman–Crippen MR) is 116 cm³/mol. The fourth-order valence-electron chi connectivity index (χ4n) is 2.93. The molecule has 0 saturated heterocycles. The summed E-state index contributed by atoms with van der Waals surface area (Å²) in [6.07, 6.45) is -4.31. The van der Waals surface area contributed by atoms with Gasteiger partial charge in [-0.3, -0.25) is 0 Å². The molecule has 0 aliphatic heterocycles. The van der Waals surface area contributed by atoms with Gasteiger partial charge in [-0.25, -0.2) is 0 Å². The van der Waals surface area contributed by atoms with Crippen molar-refractivity contribution in [1.82, 2.24) is 0 Å². The van der Waals surface area contributed by atoms with Crippen LogP contribution in [0, 0.1) is 7.14 Å². The Morgan fingerprint density at radius 2 is 1.16 bits per heavy atom. The molecule has 4 rings (SSSR count). The van der Waals surface area contributed by atoms with Gasteiger partial charge in [0.2, 0.25) is 0 Å². The average molecular weight is 581 g/mol. The quantitative estimate of drug-likeness (QED) is 0.158. The van der Waals surface area contributed by atoms with Crippen LogP contribution in [0.15, 0.2) is 60.7 Å². The lowest BCUT2D eigenvalue weighted by atomic mass is 10.2. The molecule has 0 fully saturated rings. The molecule has 0 N–H and O–H groups in total. The molecular weight excluding hydrogens is 571 g/mol. The van der Waals surface area contributed by atoms with Crippen LogP contribution in [-0.4, -0.2) is 0 Å². The molecule has 0 unspecified atom stereocenters. The third-order valence-corrected chi connectivity index (χ3v) is 7.71. The highest BCUT2D eigenvalue weighted by Gasteiger charge is 2.31. The smallest absolute Gasteiger partial charge is 0.166 e. The van der Waals surface area contributed by atoms with Gasteiger partial charge in [-0.2, -0.15) is 13.2 Å². The van der Waals surface area contributed by atoms with Crippen LogP contribution in [0.3, 0.4) is 0 Å². The molecule has 0 aliphatic rings. The molecule has 0 bridgehead atoms. The topological polar surface area (TPSA) is 0 Å². The van der Waals surface area contributed by atoms with Crippen molar-refractivity contribution in [1.29, 1.82) is 0 Å². The number of hydrogen-bond donors (Lipinski definition) is 0. The van der Waals surface area contributed by atoms with Gasteiger partial charge >= 0.3 is 6.18 Å². The number of benzene rings is 3. The van der Waals surface area contributed by atoms with Crippen molar-refractivity contribution in [2.75, 3.05) is 0 Å². The minimum atomic E-state index is -4.31. The minimum absolute atomic E-state index is 0.366. The first-order valence-corrected chi connectivity index (χ1v) is 10.7. The van der Waals surface area contributed by atoms with Gasteiger partial charge < -0.3 is 0 Å². The molecule has 0 aliphatic carbocycles. The van der Waals surface area contributed by atoms with E-state index in [9.17, 15) is 13.2 Å². The highest BCUT2D eigenvalue weighted by molar-refractivity contribution is 14.1. The predicted octanol–water partition coefficient (Wildman–Crippen LogP) is 7.96. The van der Waals surface area contributed by atoms with E-state index in [1.807, 2.05) is 0 Å². The van der Waals surface area contributed by atoms with Gasteiger partial charge in [-0.15, -0.1) is 0 Å². The molecule has 1 aromatic heterocycles. The lowest BCUT2D eigenvalue weighted by Gasteiger charge is -2.05. The van der Waals surface area contributed by atoms with E-state index in [-0.39, 0.29) is 10.5 Å². The normalized spacial score (nSPS) is 12.2. The van der Waals surface area contributed by atoms with Crippen molar-refractivity contribution in [2.24, 2.45) is 0 Å². The lowest BCUT2D eigenvalue weighted by Crippen LogP contribution is -2.03. The maximum absolute atomic E-state index is 12.9. The van der Waals surface area contributed by atoms with Crippen LogP contribution in [0.25, 0.3) is 25.1 Å². The summed E-state index contributed by atoms with van der Waals surface area (Å²) in [6.45, 7) is 0. The van der Waals surface area contributed by atoms with Crippen LogP contribution in [0.4, 0.5) is 13.2 Å². The van der Waals surface area contributed by atoms with Crippen molar-refractivity contribution in [3.63, 3.8) is 0 Å². The number of halogens is 5. The maximum atomic E-state index is 12.9. The fraction of sp³-hybridized carbons (Fsp3) is 0.0526. The Balaban J connectivity index is 2.03. The number of rotatable bonds is 1. The minimum Gasteiger partial charge on any atom is -0.166 e. The summed E-state index contributed by atoms with van der Waals surface area (Å²) in [7, 11) is -0.366. The van der Waals surface area contributed by atoms with Crippen LogP contribution in [0.1, 0.15) is 5.56 Å². The zero-order chi connectivity index (χ0) is 17.8. The molecule has 3 aromatic carbocycles. The van der Waals surface area contributed by atoms with E-state index in [1.54, 1.807) is 12.1 Å². The molecule has 0 spiro atoms. The van der Waals surface area contributed by atoms with Gasteiger partial charge in [-0.1, -0.05) is 0 Å². The Labute approximate surface area is 172 Å².